The minimum atomic E-state index is 0.546. The van der Waals surface area contributed by atoms with Gasteiger partial charge in [0.05, 0.1) is 5.69 Å². The maximum absolute atomic E-state index is 5.83. The number of hydrogen-bond acceptors (Lipinski definition) is 4. The smallest absolute Gasteiger partial charge is 0.195 e. The van der Waals surface area contributed by atoms with Gasteiger partial charge in [-0.1, -0.05) is 0 Å². The molecule has 0 saturated heterocycles. The van der Waals surface area contributed by atoms with E-state index in [0.29, 0.717) is 12.6 Å². The van der Waals surface area contributed by atoms with Gasteiger partial charge in [0.2, 0.25) is 0 Å². The first-order valence-electron chi connectivity index (χ1n) is 5.68. The Morgan fingerprint density at radius 1 is 1.62 bits per heavy atom. The average Bonchev–Trinajstić information content (AvgIpc) is 2.72. The van der Waals surface area contributed by atoms with Crippen molar-refractivity contribution in [2.75, 3.05) is 11.9 Å². The number of nitrogens with zero attached hydrogens (tertiary/aromatic N) is 3. The molecule has 0 bridgehead atoms. The Balaban J connectivity index is 2.03. The fraction of sp³-hybridized carbons (Fsp3) is 0.545. The van der Waals surface area contributed by atoms with Crippen molar-refractivity contribution in [3.05, 3.63) is 17.3 Å². The fourth-order valence-corrected chi connectivity index (χ4v) is 2.97. The van der Waals surface area contributed by atoms with Crippen molar-refractivity contribution in [1.29, 1.82) is 0 Å². The van der Waals surface area contributed by atoms with Crippen LogP contribution in [-0.2, 0) is 6.54 Å². The van der Waals surface area contributed by atoms with E-state index in [0.717, 1.165) is 16.5 Å². The second kappa shape index (κ2) is 3.75. The molecular formula is C11H16N4S. The number of nitrogens with two attached hydrogens (primary N) is 1. The highest BCUT2D eigenvalue weighted by atomic mass is 32.1. The van der Waals surface area contributed by atoms with E-state index in [1.807, 2.05) is 6.20 Å². The highest BCUT2D eigenvalue weighted by Crippen LogP contribution is 2.31. The van der Waals surface area contributed by atoms with E-state index in [4.69, 9.17) is 5.73 Å². The molecule has 1 fully saturated rings. The Morgan fingerprint density at radius 3 is 3.06 bits per heavy atom. The van der Waals surface area contributed by atoms with Gasteiger partial charge < -0.3 is 10.6 Å². The first kappa shape index (κ1) is 10.1. The highest BCUT2D eigenvalue weighted by molar-refractivity contribution is 7.15. The minimum absolute atomic E-state index is 0.546. The van der Waals surface area contributed by atoms with Gasteiger partial charge in [-0.2, -0.15) is 0 Å². The fourth-order valence-electron chi connectivity index (χ4n) is 2.24. The lowest BCUT2D eigenvalue weighted by atomic mass is 9.92. The topological polar surface area (TPSA) is 46.6 Å². The Morgan fingerprint density at radius 2 is 2.44 bits per heavy atom. The third-order valence-corrected chi connectivity index (χ3v) is 4.25. The molecule has 86 valence electrons. The van der Waals surface area contributed by atoms with Crippen LogP contribution in [0.3, 0.4) is 0 Å². The zero-order valence-corrected chi connectivity index (χ0v) is 10.2. The number of imidazole rings is 1. The van der Waals surface area contributed by atoms with Crippen LogP contribution in [-0.4, -0.2) is 22.5 Å². The summed E-state index contributed by atoms with van der Waals surface area (Å²) in [6, 6.07) is 0.662. The molecule has 0 atom stereocenters. The lowest BCUT2D eigenvalue weighted by Crippen LogP contribution is -2.38. The molecule has 1 aliphatic carbocycles. The van der Waals surface area contributed by atoms with E-state index in [-0.39, 0.29) is 0 Å². The molecule has 0 radical (unpaired) electrons. The van der Waals surface area contributed by atoms with E-state index < -0.39 is 0 Å². The van der Waals surface area contributed by atoms with E-state index in [2.05, 4.69) is 26.7 Å². The first-order valence-corrected chi connectivity index (χ1v) is 6.56. The van der Waals surface area contributed by atoms with Crippen molar-refractivity contribution in [3.63, 3.8) is 0 Å². The summed E-state index contributed by atoms with van der Waals surface area (Å²) >= 11 is 1.66. The van der Waals surface area contributed by atoms with E-state index in [9.17, 15) is 0 Å². The Kier molecular flexibility index (Phi) is 2.37. The molecular weight excluding hydrogens is 220 g/mol. The van der Waals surface area contributed by atoms with Crippen molar-refractivity contribution in [1.82, 2.24) is 9.38 Å². The summed E-state index contributed by atoms with van der Waals surface area (Å²) in [5, 5.41) is 2.05. The lowest BCUT2D eigenvalue weighted by Gasteiger charge is -2.35. The Bertz CT molecular complexity index is 497. The molecule has 0 unspecified atom stereocenters. The molecule has 1 saturated carbocycles. The van der Waals surface area contributed by atoms with Crippen molar-refractivity contribution in [3.8, 4) is 0 Å². The minimum Gasteiger partial charge on any atom is -0.355 e. The summed E-state index contributed by atoms with van der Waals surface area (Å²) in [5.74, 6) is 1.07. The number of hydrogen-bond donors (Lipinski definition) is 1. The van der Waals surface area contributed by atoms with Crippen molar-refractivity contribution in [2.45, 2.75) is 31.8 Å². The molecule has 2 heterocycles. The van der Waals surface area contributed by atoms with Gasteiger partial charge in [0.1, 0.15) is 0 Å². The van der Waals surface area contributed by atoms with Crippen LogP contribution in [0.5, 0.6) is 0 Å². The molecule has 2 N–H and O–H groups in total. The third-order valence-electron chi connectivity index (χ3n) is 3.49. The number of aromatic nitrogens is 2. The molecule has 0 spiro atoms. The van der Waals surface area contributed by atoms with E-state index in [1.165, 1.54) is 19.3 Å². The second-order valence-electron chi connectivity index (χ2n) is 4.34. The zero-order valence-electron chi connectivity index (χ0n) is 9.39. The zero-order chi connectivity index (χ0) is 11.1. The summed E-state index contributed by atoms with van der Waals surface area (Å²) in [5.41, 5.74) is 6.97. The summed E-state index contributed by atoms with van der Waals surface area (Å²) in [4.78, 5) is 8.01. The predicted molar refractivity (Wildman–Crippen MR) is 67.0 cm³/mol. The number of thiazole rings is 1. The van der Waals surface area contributed by atoms with Crippen LogP contribution in [0.25, 0.3) is 4.96 Å². The van der Waals surface area contributed by atoms with Gasteiger partial charge in [-0.15, -0.1) is 11.3 Å². The molecule has 0 aromatic carbocycles. The van der Waals surface area contributed by atoms with Crippen LogP contribution in [0.15, 0.2) is 11.6 Å². The van der Waals surface area contributed by atoms with Gasteiger partial charge in [0.15, 0.2) is 10.8 Å². The van der Waals surface area contributed by atoms with E-state index >= 15 is 0 Å². The first-order chi connectivity index (χ1) is 7.81. The van der Waals surface area contributed by atoms with Crippen LogP contribution in [0.4, 0.5) is 5.82 Å². The average molecular weight is 236 g/mol. The van der Waals surface area contributed by atoms with Crippen molar-refractivity contribution >= 4 is 22.1 Å². The number of anilines is 1. The third kappa shape index (κ3) is 1.35. The summed E-state index contributed by atoms with van der Waals surface area (Å²) < 4.78 is 2.11. The Labute approximate surface area is 98.7 Å². The van der Waals surface area contributed by atoms with Crippen LogP contribution in [0.2, 0.25) is 0 Å². The SMILES string of the molecule is CN(c1nc2sccn2c1CN)C1CCC1. The lowest BCUT2D eigenvalue weighted by molar-refractivity contribution is 0.399. The standard InChI is InChI=1S/C11H16N4S/c1-14(8-3-2-4-8)10-9(7-12)15-5-6-16-11(15)13-10/h5-6,8H,2-4,7,12H2,1H3. The molecule has 0 aliphatic heterocycles. The molecule has 16 heavy (non-hydrogen) atoms. The predicted octanol–water partition coefficient (Wildman–Crippen LogP) is 1.84. The second-order valence-corrected chi connectivity index (χ2v) is 5.21. The molecule has 2 aromatic rings. The largest absolute Gasteiger partial charge is 0.355 e. The monoisotopic (exact) mass is 236 g/mol. The molecule has 4 nitrogen and oxygen atoms in total. The molecule has 0 amide bonds. The molecule has 2 aromatic heterocycles. The van der Waals surface area contributed by atoms with E-state index in [1.54, 1.807) is 11.3 Å². The van der Waals surface area contributed by atoms with Crippen LogP contribution >= 0.6 is 11.3 Å². The molecule has 3 rings (SSSR count). The normalized spacial score (nSPS) is 16.6. The van der Waals surface area contributed by atoms with Gasteiger partial charge in [-0.05, 0) is 19.3 Å². The number of fused-ring (bicyclic) bond motifs is 1. The van der Waals surface area contributed by atoms with Crippen molar-refractivity contribution in [2.24, 2.45) is 5.73 Å². The quantitative estimate of drug-likeness (QED) is 0.884. The van der Waals surface area contributed by atoms with Gasteiger partial charge in [0.25, 0.3) is 0 Å². The van der Waals surface area contributed by atoms with Gasteiger partial charge in [-0.3, -0.25) is 4.40 Å². The maximum Gasteiger partial charge on any atom is 0.195 e. The maximum atomic E-state index is 5.83. The van der Waals surface area contributed by atoms with Gasteiger partial charge >= 0.3 is 0 Å². The molecule has 1 aliphatic rings. The van der Waals surface area contributed by atoms with Gasteiger partial charge in [-0.25, -0.2) is 4.98 Å². The Hall–Kier alpha value is -1.07. The van der Waals surface area contributed by atoms with Gasteiger partial charge in [0, 0.05) is 31.2 Å². The van der Waals surface area contributed by atoms with Crippen LogP contribution < -0.4 is 10.6 Å². The van der Waals surface area contributed by atoms with Crippen molar-refractivity contribution < 1.29 is 0 Å². The summed E-state index contributed by atoms with van der Waals surface area (Å²) in [6.07, 6.45) is 5.96. The summed E-state index contributed by atoms with van der Waals surface area (Å²) in [6.45, 7) is 0.546. The summed E-state index contributed by atoms with van der Waals surface area (Å²) in [7, 11) is 2.13. The number of rotatable bonds is 3. The van der Waals surface area contributed by atoms with Crippen LogP contribution in [0.1, 0.15) is 25.0 Å². The molecule has 5 heteroatoms. The highest BCUT2D eigenvalue weighted by Gasteiger charge is 2.26. The van der Waals surface area contributed by atoms with Crippen LogP contribution in [0, 0.1) is 0 Å².